The lowest BCUT2D eigenvalue weighted by atomic mass is 9.99. The van der Waals surface area contributed by atoms with Crippen LogP contribution in [0.3, 0.4) is 0 Å². The quantitative estimate of drug-likeness (QED) is 0.478. The number of allylic oxidation sites excluding steroid dienone is 4. The first-order chi connectivity index (χ1) is 17.8. The number of morpholine rings is 1. The molecule has 10 heteroatoms. The first-order valence-corrected chi connectivity index (χ1v) is 12.9. The normalized spacial score (nSPS) is 18.0. The minimum absolute atomic E-state index is 0.0315. The van der Waals surface area contributed by atoms with Crippen LogP contribution in [0.25, 0.3) is 5.57 Å². The van der Waals surface area contributed by atoms with E-state index in [1.807, 2.05) is 38.1 Å². The van der Waals surface area contributed by atoms with Crippen molar-refractivity contribution in [2.24, 2.45) is 5.84 Å². The van der Waals surface area contributed by atoms with Crippen molar-refractivity contribution in [3.63, 3.8) is 0 Å². The Morgan fingerprint density at radius 2 is 1.81 bits per heavy atom. The van der Waals surface area contributed by atoms with Crippen molar-refractivity contribution in [2.75, 3.05) is 55.7 Å². The van der Waals surface area contributed by atoms with E-state index in [-0.39, 0.29) is 24.5 Å². The van der Waals surface area contributed by atoms with E-state index >= 15 is 0 Å². The Morgan fingerprint density at radius 3 is 2.51 bits per heavy atom. The fourth-order valence-corrected chi connectivity index (χ4v) is 4.89. The molecule has 37 heavy (non-hydrogen) atoms. The Labute approximate surface area is 218 Å². The second-order valence-corrected chi connectivity index (χ2v) is 9.73. The van der Waals surface area contributed by atoms with Crippen LogP contribution in [0.2, 0.25) is 0 Å². The predicted molar refractivity (Wildman–Crippen MR) is 142 cm³/mol. The van der Waals surface area contributed by atoms with Gasteiger partial charge in [-0.3, -0.25) is 14.5 Å². The van der Waals surface area contributed by atoms with Gasteiger partial charge < -0.3 is 24.3 Å². The first kappa shape index (κ1) is 26.7. The average Bonchev–Trinajstić information content (AvgIpc) is 3.14. The summed E-state index contributed by atoms with van der Waals surface area (Å²) < 4.78 is 10.8. The standard InChI is InChI=1S/C27H37N5O5/c1-19(2)37-27(35)31-12-11-30(20(3)33)24-10-9-21(17-25(24)31)22-7-5-4-6-8-23(22)32(28)18-26(34)29-13-15-36-16-14-29/h5,7,9-10,17,19H,4,6,8,11-16,18,28H2,1-3H3. The Balaban J connectivity index is 1.70. The lowest BCUT2D eigenvalue weighted by Crippen LogP contribution is -2.47. The molecule has 0 unspecified atom stereocenters. The summed E-state index contributed by atoms with van der Waals surface area (Å²) in [4.78, 5) is 43.2. The van der Waals surface area contributed by atoms with Crippen molar-refractivity contribution < 1.29 is 23.9 Å². The maximum absolute atomic E-state index is 12.9. The van der Waals surface area contributed by atoms with E-state index in [4.69, 9.17) is 15.3 Å². The van der Waals surface area contributed by atoms with Gasteiger partial charge in [0.05, 0.1) is 30.7 Å². The van der Waals surface area contributed by atoms with Crippen LogP contribution in [0.4, 0.5) is 16.2 Å². The topological polar surface area (TPSA) is 109 Å². The molecule has 0 bridgehead atoms. The molecule has 200 valence electrons. The van der Waals surface area contributed by atoms with Crippen LogP contribution in [0.15, 0.2) is 36.0 Å². The van der Waals surface area contributed by atoms with Crippen molar-refractivity contribution in [3.05, 3.63) is 41.6 Å². The maximum Gasteiger partial charge on any atom is 0.414 e. The third kappa shape index (κ3) is 6.14. The molecule has 2 aliphatic heterocycles. The van der Waals surface area contributed by atoms with E-state index in [0.717, 1.165) is 29.7 Å². The summed E-state index contributed by atoms with van der Waals surface area (Å²) in [7, 11) is 0. The molecule has 1 aliphatic carbocycles. The van der Waals surface area contributed by atoms with Crippen molar-refractivity contribution in [3.8, 4) is 0 Å². The second kappa shape index (κ2) is 11.8. The molecule has 2 heterocycles. The zero-order chi connectivity index (χ0) is 26.5. The summed E-state index contributed by atoms with van der Waals surface area (Å²) in [6, 6.07) is 5.72. The van der Waals surface area contributed by atoms with Crippen LogP contribution in [0.5, 0.6) is 0 Å². The maximum atomic E-state index is 12.9. The Hall–Kier alpha value is -3.37. The zero-order valence-corrected chi connectivity index (χ0v) is 21.9. The highest BCUT2D eigenvalue weighted by Crippen LogP contribution is 2.38. The highest BCUT2D eigenvalue weighted by molar-refractivity contribution is 6.02. The fourth-order valence-electron chi connectivity index (χ4n) is 4.89. The Morgan fingerprint density at radius 1 is 1.08 bits per heavy atom. The monoisotopic (exact) mass is 511 g/mol. The highest BCUT2D eigenvalue weighted by Gasteiger charge is 2.31. The van der Waals surface area contributed by atoms with Gasteiger partial charge in [-0.25, -0.2) is 10.6 Å². The van der Waals surface area contributed by atoms with Gasteiger partial charge in [0.2, 0.25) is 11.8 Å². The van der Waals surface area contributed by atoms with Gasteiger partial charge in [0.15, 0.2) is 0 Å². The van der Waals surface area contributed by atoms with Crippen molar-refractivity contribution >= 4 is 34.9 Å². The van der Waals surface area contributed by atoms with Crippen molar-refractivity contribution in [1.82, 2.24) is 9.91 Å². The lowest BCUT2D eigenvalue weighted by molar-refractivity contribution is -0.136. The fraction of sp³-hybridized carbons (Fsp3) is 0.519. The number of ether oxygens (including phenoxy) is 2. The minimum atomic E-state index is -0.446. The number of hydrogen-bond donors (Lipinski definition) is 1. The predicted octanol–water partition coefficient (Wildman–Crippen LogP) is 2.89. The molecule has 4 rings (SSSR count). The number of nitrogens with two attached hydrogens (primary N) is 1. The molecule has 0 saturated carbocycles. The van der Waals surface area contributed by atoms with Crippen LogP contribution in [-0.2, 0) is 19.1 Å². The molecule has 0 radical (unpaired) electrons. The molecular formula is C27H37N5O5. The van der Waals surface area contributed by atoms with Gasteiger partial charge in [-0.15, -0.1) is 0 Å². The second-order valence-electron chi connectivity index (χ2n) is 9.73. The lowest BCUT2D eigenvalue weighted by Gasteiger charge is -2.36. The number of nitrogens with zero attached hydrogens (tertiary/aromatic N) is 4. The van der Waals surface area contributed by atoms with Crippen LogP contribution >= 0.6 is 0 Å². The number of carbonyl (C=O) groups excluding carboxylic acids is 3. The van der Waals surface area contributed by atoms with E-state index < -0.39 is 6.09 Å². The zero-order valence-electron chi connectivity index (χ0n) is 21.9. The number of rotatable bonds is 5. The molecule has 0 aromatic heterocycles. The molecule has 2 N–H and O–H groups in total. The minimum Gasteiger partial charge on any atom is -0.446 e. The van der Waals surface area contributed by atoms with Gasteiger partial charge in [0.25, 0.3) is 0 Å². The molecule has 0 spiro atoms. The molecule has 1 aromatic carbocycles. The van der Waals surface area contributed by atoms with Crippen LogP contribution in [-0.4, -0.2) is 79.9 Å². The van der Waals surface area contributed by atoms with Crippen molar-refractivity contribution in [2.45, 2.75) is 46.1 Å². The van der Waals surface area contributed by atoms with Crippen molar-refractivity contribution in [1.29, 1.82) is 0 Å². The van der Waals surface area contributed by atoms with Gasteiger partial charge in [0, 0.05) is 44.4 Å². The summed E-state index contributed by atoms with van der Waals surface area (Å²) in [5.74, 6) is 6.39. The van der Waals surface area contributed by atoms with E-state index in [0.29, 0.717) is 57.2 Å². The van der Waals surface area contributed by atoms with E-state index in [1.54, 1.807) is 19.7 Å². The summed E-state index contributed by atoms with van der Waals surface area (Å²) in [6.45, 7) is 8.14. The number of hydrogen-bond acceptors (Lipinski definition) is 7. The third-order valence-corrected chi connectivity index (χ3v) is 6.75. The molecular weight excluding hydrogens is 474 g/mol. The third-order valence-electron chi connectivity index (χ3n) is 6.75. The SMILES string of the molecule is CC(=O)N1CCN(C(=O)OC(C)C)c2cc(C3=C(N(N)CC(=O)N4CCOCC4)CCCC=C3)ccc21. The molecule has 1 fully saturated rings. The molecule has 1 saturated heterocycles. The van der Waals surface area contributed by atoms with Gasteiger partial charge >= 0.3 is 6.09 Å². The highest BCUT2D eigenvalue weighted by atomic mass is 16.6. The van der Waals surface area contributed by atoms with E-state index in [2.05, 4.69) is 6.08 Å². The average molecular weight is 512 g/mol. The summed E-state index contributed by atoms with van der Waals surface area (Å²) >= 11 is 0. The van der Waals surface area contributed by atoms with Gasteiger partial charge in [-0.1, -0.05) is 18.2 Å². The van der Waals surface area contributed by atoms with E-state index in [1.165, 1.54) is 6.92 Å². The number of fused-ring (bicyclic) bond motifs is 1. The van der Waals surface area contributed by atoms with Gasteiger partial charge in [0.1, 0.15) is 6.54 Å². The Bertz CT molecular complexity index is 1090. The molecule has 10 nitrogen and oxygen atoms in total. The first-order valence-electron chi connectivity index (χ1n) is 12.9. The summed E-state index contributed by atoms with van der Waals surface area (Å²) in [6.07, 6.45) is 5.94. The van der Waals surface area contributed by atoms with Crippen LogP contribution < -0.4 is 15.6 Å². The molecule has 1 aromatic rings. The number of benzene rings is 1. The molecule has 0 atom stereocenters. The molecule has 3 aliphatic rings. The van der Waals surface area contributed by atoms with Crippen LogP contribution in [0.1, 0.15) is 45.6 Å². The number of amides is 3. The van der Waals surface area contributed by atoms with Gasteiger partial charge in [-0.05, 0) is 50.8 Å². The largest absolute Gasteiger partial charge is 0.446 e. The Kier molecular flexibility index (Phi) is 8.50. The summed E-state index contributed by atoms with van der Waals surface area (Å²) in [5.41, 5.74) is 3.89. The number of anilines is 2. The van der Waals surface area contributed by atoms with Crippen LogP contribution in [0, 0.1) is 0 Å². The molecule has 3 amide bonds. The number of carbonyl (C=O) groups is 3. The van der Waals surface area contributed by atoms with Gasteiger partial charge in [-0.2, -0.15) is 0 Å². The van der Waals surface area contributed by atoms with E-state index in [9.17, 15) is 14.4 Å². The number of hydrazine groups is 1. The smallest absolute Gasteiger partial charge is 0.414 e. The summed E-state index contributed by atoms with van der Waals surface area (Å²) in [5, 5.41) is 1.55.